The highest BCUT2D eigenvalue weighted by Crippen LogP contribution is 2.27. The zero-order valence-corrected chi connectivity index (χ0v) is 17.2. The van der Waals surface area contributed by atoms with E-state index in [-0.39, 0.29) is 18.1 Å². The standard InChI is InChI=1S/C24H20FN5O/c1-16-6-5-8-20(12-16)30-23(19-10-11-22-26-15-27-29(22)14-19)17(2)28(24(30)31)13-18-7-3-4-9-21(18)25/h3-12,14-15H,13H2,1-2H3. The van der Waals surface area contributed by atoms with Gasteiger partial charge in [0.05, 0.1) is 17.9 Å². The number of halogens is 1. The van der Waals surface area contributed by atoms with Gasteiger partial charge in [0.2, 0.25) is 0 Å². The zero-order chi connectivity index (χ0) is 21.5. The zero-order valence-electron chi connectivity index (χ0n) is 17.2. The summed E-state index contributed by atoms with van der Waals surface area (Å²) in [6.45, 7) is 4.02. The predicted molar refractivity (Wildman–Crippen MR) is 117 cm³/mol. The molecule has 0 atom stereocenters. The molecule has 0 saturated heterocycles. The number of benzene rings is 2. The number of imidazole rings is 1. The summed E-state index contributed by atoms with van der Waals surface area (Å²) in [4.78, 5) is 17.8. The van der Waals surface area contributed by atoms with Crippen LogP contribution in [0.1, 0.15) is 16.8 Å². The van der Waals surface area contributed by atoms with Gasteiger partial charge in [-0.1, -0.05) is 30.3 Å². The Bertz CT molecular complexity index is 1480. The van der Waals surface area contributed by atoms with Crippen LogP contribution in [0.25, 0.3) is 22.6 Å². The second kappa shape index (κ2) is 7.36. The molecule has 5 rings (SSSR count). The molecule has 0 aliphatic carbocycles. The van der Waals surface area contributed by atoms with Crippen LogP contribution in [0.5, 0.6) is 0 Å². The van der Waals surface area contributed by atoms with Crippen LogP contribution in [0.15, 0.2) is 78.0 Å². The third-order valence-corrected chi connectivity index (χ3v) is 5.49. The summed E-state index contributed by atoms with van der Waals surface area (Å²) in [7, 11) is 0. The van der Waals surface area contributed by atoms with Crippen LogP contribution >= 0.6 is 0 Å². The Balaban J connectivity index is 1.77. The quantitative estimate of drug-likeness (QED) is 0.445. The van der Waals surface area contributed by atoms with Crippen LogP contribution in [0.4, 0.5) is 4.39 Å². The molecule has 7 heteroatoms. The van der Waals surface area contributed by atoms with Crippen LogP contribution in [0.2, 0.25) is 0 Å². The maximum Gasteiger partial charge on any atom is 0.333 e. The topological polar surface area (TPSA) is 57.1 Å². The summed E-state index contributed by atoms with van der Waals surface area (Å²) in [6.07, 6.45) is 3.34. The first kappa shape index (κ1) is 19.0. The molecule has 3 heterocycles. The first-order valence-corrected chi connectivity index (χ1v) is 9.95. The van der Waals surface area contributed by atoms with Crippen LogP contribution in [0, 0.1) is 19.7 Å². The maximum absolute atomic E-state index is 14.3. The Morgan fingerprint density at radius 3 is 2.65 bits per heavy atom. The molecule has 0 saturated carbocycles. The number of aryl methyl sites for hydroxylation is 1. The van der Waals surface area contributed by atoms with Crippen molar-refractivity contribution < 1.29 is 4.39 Å². The van der Waals surface area contributed by atoms with E-state index in [1.807, 2.05) is 56.4 Å². The van der Waals surface area contributed by atoms with E-state index in [4.69, 9.17) is 0 Å². The van der Waals surface area contributed by atoms with Gasteiger partial charge in [0, 0.05) is 23.0 Å². The minimum atomic E-state index is -0.331. The molecular weight excluding hydrogens is 393 g/mol. The van der Waals surface area contributed by atoms with Crippen LogP contribution in [0.3, 0.4) is 0 Å². The van der Waals surface area contributed by atoms with E-state index >= 15 is 0 Å². The first-order chi connectivity index (χ1) is 15.0. The van der Waals surface area contributed by atoms with Crippen LogP contribution in [-0.4, -0.2) is 23.7 Å². The van der Waals surface area contributed by atoms with Crippen LogP contribution < -0.4 is 5.69 Å². The number of fused-ring (bicyclic) bond motifs is 1. The van der Waals surface area contributed by atoms with Crippen molar-refractivity contribution in [2.24, 2.45) is 0 Å². The van der Waals surface area contributed by atoms with Gasteiger partial charge in [0.1, 0.15) is 12.1 Å². The largest absolute Gasteiger partial charge is 0.333 e. The molecule has 2 aromatic carbocycles. The second-order valence-corrected chi connectivity index (χ2v) is 7.55. The Labute approximate surface area is 177 Å². The van der Waals surface area contributed by atoms with E-state index in [0.717, 1.165) is 33.8 Å². The van der Waals surface area contributed by atoms with Crippen molar-refractivity contribution in [2.45, 2.75) is 20.4 Å². The Hall–Kier alpha value is -4.00. The SMILES string of the molecule is Cc1cccc(-n2c(-c3ccc4ncnn4c3)c(C)n(Cc3ccccc3F)c2=O)c1. The highest BCUT2D eigenvalue weighted by Gasteiger charge is 2.21. The lowest BCUT2D eigenvalue weighted by Gasteiger charge is -2.10. The van der Waals surface area contributed by atoms with Gasteiger partial charge in [-0.25, -0.2) is 18.7 Å². The molecule has 0 bridgehead atoms. The minimum absolute atomic E-state index is 0.148. The van der Waals surface area contributed by atoms with Crippen molar-refractivity contribution >= 4 is 5.65 Å². The fraction of sp³-hybridized carbons (Fsp3) is 0.125. The van der Waals surface area contributed by atoms with E-state index in [1.54, 1.807) is 31.8 Å². The van der Waals surface area contributed by atoms with E-state index < -0.39 is 0 Å². The molecule has 154 valence electrons. The van der Waals surface area contributed by atoms with Gasteiger partial charge in [-0.15, -0.1) is 0 Å². The van der Waals surface area contributed by atoms with Gasteiger partial charge in [-0.2, -0.15) is 5.10 Å². The lowest BCUT2D eigenvalue weighted by molar-refractivity contribution is 0.593. The van der Waals surface area contributed by atoms with Gasteiger partial charge in [-0.3, -0.25) is 9.13 Å². The number of aromatic nitrogens is 5. The fourth-order valence-electron chi connectivity index (χ4n) is 3.93. The number of hydrogen-bond donors (Lipinski definition) is 0. The first-order valence-electron chi connectivity index (χ1n) is 9.95. The van der Waals surface area contributed by atoms with E-state index in [2.05, 4.69) is 10.1 Å². The Morgan fingerprint density at radius 2 is 1.84 bits per heavy atom. The molecule has 0 spiro atoms. The molecule has 0 N–H and O–H groups in total. The van der Waals surface area contributed by atoms with E-state index in [0.29, 0.717) is 5.56 Å². The second-order valence-electron chi connectivity index (χ2n) is 7.55. The summed E-state index contributed by atoms with van der Waals surface area (Å²) in [5, 5.41) is 4.22. The van der Waals surface area contributed by atoms with Gasteiger partial charge in [-0.05, 0) is 49.7 Å². The summed E-state index contributed by atoms with van der Waals surface area (Å²) in [5.74, 6) is -0.331. The Morgan fingerprint density at radius 1 is 1.00 bits per heavy atom. The number of pyridine rings is 1. The summed E-state index contributed by atoms with van der Waals surface area (Å²) in [6, 6.07) is 18.1. The highest BCUT2D eigenvalue weighted by atomic mass is 19.1. The number of rotatable bonds is 4. The fourth-order valence-corrected chi connectivity index (χ4v) is 3.93. The lowest BCUT2D eigenvalue weighted by Crippen LogP contribution is -2.25. The summed E-state index contributed by atoms with van der Waals surface area (Å²) >= 11 is 0. The molecule has 0 radical (unpaired) electrons. The number of hydrogen-bond acceptors (Lipinski definition) is 3. The molecular formula is C24H20FN5O. The molecule has 0 aliphatic heterocycles. The van der Waals surface area contributed by atoms with Crippen molar-refractivity contribution in [1.82, 2.24) is 23.7 Å². The highest BCUT2D eigenvalue weighted by molar-refractivity contribution is 5.66. The van der Waals surface area contributed by atoms with Gasteiger partial charge in [0.25, 0.3) is 0 Å². The van der Waals surface area contributed by atoms with Crippen molar-refractivity contribution in [3.8, 4) is 16.9 Å². The van der Waals surface area contributed by atoms with Crippen LogP contribution in [-0.2, 0) is 6.54 Å². The lowest BCUT2D eigenvalue weighted by atomic mass is 10.1. The molecule has 5 aromatic rings. The molecule has 0 unspecified atom stereocenters. The minimum Gasteiger partial charge on any atom is -0.291 e. The van der Waals surface area contributed by atoms with Gasteiger partial charge >= 0.3 is 5.69 Å². The predicted octanol–water partition coefficient (Wildman–Crippen LogP) is 4.15. The number of nitrogens with zero attached hydrogens (tertiary/aromatic N) is 5. The normalized spacial score (nSPS) is 11.3. The summed E-state index contributed by atoms with van der Waals surface area (Å²) < 4.78 is 19.3. The average Bonchev–Trinajstić information content (AvgIpc) is 3.32. The van der Waals surface area contributed by atoms with E-state index in [1.165, 1.54) is 12.4 Å². The van der Waals surface area contributed by atoms with Crippen molar-refractivity contribution in [2.75, 3.05) is 0 Å². The maximum atomic E-state index is 14.3. The summed E-state index contributed by atoms with van der Waals surface area (Å²) in [5.41, 5.74) is 5.07. The van der Waals surface area contributed by atoms with Gasteiger partial charge < -0.3 is 0 Å². The third-order valence-electron chi connectivity index (χ3n) is 5.49. The van der Waals surface area contributed by atoms with E-state index in [9.17, 15) is 9.18 Å². The molecule has 3 aromatic heterocycles. The molecule has 6 nitrogen and oxygen atoms in total. The average molecular weight is 413 g/mol. The van der Waals surface area contributed by atoms with Crippen molar-refractivity contribution in [3.05, 3.63) is 106 Å². The smallest absolute Gasteiger partial charge is 0.291 e. The van der Waals surface area contributed by atoms with Crippen molar-refractivity contribution in [3.63, 3.8) is 0 Å². The molecule has 31 heavy (non-hydrogen) atoms. The third kappa shape index (κ3) is 3.24. The van der Waals surface area contributed by atoms with Crippen molar-refractivity contribution in [1.29, 1.82) is 0 Å². The monoisotopic (exact) mass is 413 g/mol. The molecule has 0 fully saturated rings. The molecule has 0 amide bonds. The Kier molecular flexibility index (Phi) is 4.51. The molecule has 0 aliphatic rings. The van der Waals surface area contributed by atoms with Gasteiger partial charge in [0.15, 0.2) is 5.65 Å².